The summed E-state index contributed by atoms with van der Waals surface area (Å²) in [4.78, 5) is 0. The molecule has 0 unspecified atom stereocenters. The average Bonchev–Trinajstić information content (AvgIpc) is 2.26. The summed E-state index contributed by atoms with van der Waals surface area (Å²) in [5.41, 5.74) is 6.41. The number of hydrogen-bond acceptors (Lipinski definition) is 3. The first kappa shape index (κ1) is 11.8. The molecule has 0 amide bonds. The summed E-state index contributed by atoms with van der Waals surface area (Å²) in [5.74, 6) is 0.271. The Hall–Kier alpha value is -1.23. The van der Waals surface area contributed by atoms with Gasteiger partial charge in [0.2, 0.25) is 0 Å². The van der Waals surface area contributed by atoms with Crippen molar-refractivity contribution in [1.29, 1.82) is 0 Å². The molecule has 1 rings (SSSR count). The Balaban J connectivity index is 2.23. The molecule has 0 spiro atoms. The number of rotatable bonds is 5. The van der Waals surface area contributed by atoms with Gasteiger partial charge in [0, 0.05) is 23.1 Å². The maximum atomic E-state index is 8.32. The summed E-state index contributed by atoms with van der Waals surface area (Å²) < 4.78 is 1.06. The maximum Gasteiger partial charge on any atom is 0.139 e. The first-order valence-electron chi connectivity index (χ1n) is 4.68. The van der Waals surface area contributed by atoms with Crippen LogP contribution >= 0.6 is 15.9 Å². The molecular formula is C10H14BrN3O. The Morgan fingerprint density at radius 3 is 2.67 bits per heavy atom. The molecule has 4 nitrogen and oxygen atoms in total. The molecule has 4 N–H and O–H groups in total. The van der Waals surface area contributed by atoms with Crippen molar-refractivity contribution in [2.75, 3.05) is 11.9 Å². The molecule has 82 valence electrons. The van der Waals surface area contributed by atoms with Crippen LogP contribution in [0.1, 0.15) is 12.8 Å². The summed E-state index contributed by atoms with van der Waals surface area (Å²) in [6.45, 7) is 0.803. The lowest BCUT2D eigenvalue weighted by Crippen LogP contribution is -2.13. The van der Waals surface area contributed by atoms with Crippen molar-refractivity contribution in [1.82, 2.24) is 0 Å². The lowest BCUT2D eigenvalue weighted by atomic mass is 10.2. The van der Waals surface area contributed by atoms with Crippen molar-refractivity contribution in [3.8, 4) is 0 Å². The predicted molar refractivity (Wildman–Crippen MR) is 65.3 cm³/mol. The SMILES string of the molecule is NC(CCCNc1ccc(Br)cc1)=NO. The van der Waals surface area contributed by atoms with Crippen LogP contribution in [0.25, 0.3) is 0 Å². The van der Waals surface area contributed by atoms with Gasteiger partial charge in [-0.2, -0.15) is 0 Å². The molecule has 0 aliphatic rings. The van der Waals surface area contributed by atoms with Crippen LogP contribution < -0.4 is 11.1 Å². The van der Waals surface area contributed by atoms with Crippen LogP contribution in [-0.4, -0.2) is 17.6 Å². The maximum absolute atomic E-state index is 8.32. The van der Waals surface area contributed by atoms with Crippen molar-refractivity contribution in [2.24, 2.45) is 10.9 Å². The largest absolute Gasteiger partial charge is 0.409 e. The number of benzene rings is 1. The van der Waals surface area contributed by atoms with Gasteiger partial charge in [0.25, 0.3) is 0 Å². The van der Waals surface area contributed by atoms with Gasteiger partial charge in [-0.05, 0) is 30.7 Å². The van der Waals surface area contributed by atoms with Gasteiger partial charge in [0.15, 0.2) is 0 Å². The summed E-state index contributed by atoms with van der Waals surface area (Å²) >= 11 is 3.37. The van der Waals surface area contributed by atoms with Gasteiger partial charge in [-0.1, -0.05) is 21.1 Å². The van der Waals surface area contributed by atoms with E-state index in [0.29, 0.717) is 6.42 Å². The molecule has 0 saturated heterocycles. The number of nitrogens with two attached hydrogens (primary N) is 1. The normalized spacial score (nSPS) is 11.4. The molecule has 5 heteroatoms. The predicted octanol–water partition coefficient (Wildman–Crippen LogP) is 2.39. The number of anilines is 1. The highest BCUT2D eigenvalue weighted by atomic mass is 79.9. The van der Waals surface area contributed by atoms with E-state index >= 15 is 0 Å². The molecule has 0 radical (unpaired) electrons. The fraction of sp³-hybridized carbons (Fsp3) is 0.300. The van der Waals surface area contributed by atoms with Crippen LogP contribution in [0.15, 0.2) is 33.9 Å². The molecular weight excluding hydrogens is 258 g/mol. The van der Waals surface area contributed by atoms with Crippen molar-refractivity contribution in [2.45, 2.75) is 12.8 Å². The second-order valence-electron chi connectivity index (χ2n) is 3.13. The highest BCUT2D eigenvalue weighted by Gasteiger charge is 1.94. The van der Waals surface area contributed by atoms with Crippen molar-refractivity contribution in [3.63, 3.8) is 0 Å². The smallest absolute Gasteiger partial charge is 0.139 e. The van der Waals surface area contributed by atoms with E-state index in [0.717, 1.165) is 23.1 Å². The molecule has 0 heterocycles. The molecule has 0 aliphatic carbocycles. The Kier molecular flexibility index (Phi) is 4.97. The van der Waals surface area contributed by atoms with Crippen LogP contribution in [0.2, 0.25) is 0 Å². The standard InChI is InChI=1S/C10H14BrN3O/c11-8-3-5-9(6-4-8)13-7-1-2-10(12)14-15/h3-6,13,15H,1-2,7H2,(H2,12,14). The molecule has 15 heavy (non-hydrogen) atoms. The van der Waals surface area contributed by atoms with E-state index < -0.39 is 0 Å². The van der Waals surface area contributed by atoms with Crippen molar-refractivity contribution >= 4 is 27.5 Å². The van der Waals surface area contributed by atoms with Crippen LogP contribution in [0, 0.1) is 0 Å². The quantitative estimate of drug-likeness (QED) is 0.253. The second kappa shape index (κ2) is 6.29. The van der Waals surface area contributed by atoms with Crippen LogP contribution in [-0.2, 0) is 0 Å². The number of amidine groups is 1. The minimum absolute atomic E-state index is 0.271. The number of hydrogen-bond donors (Lipinski definition) is 3. The first-order valence-corrected chi connectivity index (χ1v) is 5.47. The topological polar surface area (TPSA) is 70.6 Å². The zero-order valence-electron chi connectivity index (χ0n) is 8.28. The summed E-state index contributed by atoms with van der Waals surface area (Å²) in [6.07, 6.45) is 1.44. The van der Waals surface area contributed by atoms with Crippen LogP contribution in [0.5, 0.6) is 0 Å². The average molecular weight is 272 g/mol. The van der Waals surface area contributed by atoms with E-state index in [1.807, 2.05) is 24.3 Å². The molecule has 1 aromatic carbocycles. The number of halogens is 1. The zero-order valence-corrected chi connectivity index (χ0v) is 9.87. The Bertz CT molecular complexity index is 324. The first-order chi connectivity index (χ1) is 7.22. The van der Waals surface area contributed by atoms with Crippen molar-refractivity contribution < 1.29 is 5.21 Å². The molecule has 0 aliphatic heterocycles. The fourth-order valence-electron chi connectivity index (χ4n) is 1.12. The van der Waals surface area contributed by atoms with Crippen LogP contribution in [0.4, 0.5) is 5.69 Å². The van der Waals surface area contributed by atoms with E-state index in [2.05, 4.69) is 26.4 Å². The summed E-state index contributed by atoms with van der Waals surface area (Å²) in [7, 11) is 0. The van der Waals surface area contributed by atoms with Gasteiger partial charge in [-0.3, -0.25) is 0 Å². The minimum atomic E-state index is 0.271. The number of oxime groups is 1. The van der Waals surface area contributed by atoms with E-state index in [-0.39, 0.29) is 5.84 Å². The highest BCUT2D eigenvalue weighted by Crippen LogP contribution is 2.13. The minimum Gasteiger partial charge on any atom is -0.409 e. The third-order valence-corrected chi connectivity index (χ3v) is 2.44. The monoisotopic (exact) mass is 271 g/mol. The van der Waals surface area contributed by atoms with E-state index in [1.54, 1.807) is 0 Å². The lowest BCUT2D eigenvalue weighted by molar-refractivity contribution is 0.316. The fourth-order valence-corrected chi connectivity index (χ4v) is 1.38. The molecule has 0 saturated carbocycles. The van der Waals surface area contributed by atoms with E-state index in [9.17, 15) is 0 Å². The molecule has 1 aromatic rings. The summed E-state index contributed by atoms with van der Waals surface area (Å²) in [5, 5.41) is 14.5. The number of nitrogens with zero attached hydrogens (tertiary/aromatic N) is 1. The molecule has 0 bridgehead atoms. The zero-order chi connectivity index (χ0) is 11.1. The summed E-state index contributed by atoms with van der Waals surface area (Å²) in [6, 6.07) is 7.94. The second-order valence-corrected chi connectivity index (χ2v) is 4.04. The highest BCUT2D eigenvalue weighted by molar-refractivity contribution is 9.10. The van der Waals surface area contributed by atoms with Crippen molar-refractivity contribution in [3.05, 3.63) is 28.7 Å². The molecule has 0 atom stereocenters. The molecule has 0 fully saturated rings. The number of nitrogens with one attached hydrogen (secondary N) is 1. The van der Waals surface area contributed by atoms with Gasteiger partial charge in [0.05, 0.1) is 0 Å². The van der Waals surface area contributed by atoms with Gasteiger partial charge < -0.3 is 16.3 Å². The third kappa shape index (κ3) is 4.69. The molecule has 0 aromatic heterocycles. The van der Waals surface area contributed by atoms with Gasteiger partial charge in [-0.15, -0.1) is 0 Å². The Morgan fingerprint density at radius 1 is 1.40 bits per heavy atom. The lowest BCUT2D eigenvalue weighted by Gasteiger charge is -2.05. The van der Waals surface area contributed by atoms with Crippen LogP contribution in [0.3, 0.4) is 0 Å². The van der Waals surface area contributed by atoms with Gasteiger partial charge >= 0.3 is 0 Å². The third-order valence-electron chi connectivity index (χ3n) is 1.91. The van der Waals surface area contributed by atoms with E-state index in [4.69, 9.17) is 10.9 Å². The van der Waals surface area contributed by atoms with Gasteiger partial charge in [0.1, 0.15) is 5.84 Å². The Morgan fingerprint density at radius 2 is 2.07 bits per heavy atom. The van der Waals surface area contributed by atoms with Gasteiger partial charge in [-0.25, -0.2) is 0 Å². The van der Waals surface area contributed by atoms with E-state index in [1.165, 1.54) is 0 Å². The Labute approximate surface area is 97.3 Å².